The predicted molar refractivity (Wildman–Crippen MR) is 82.7 cm³/mol. The van der Waals surface area contributed by atoms with E-state index in [0.29, 0.717) is 12.2 Å². The molecule has 3 nitrogen and oxygen atoms in total. The van der Waals surface area contributed by atoms with E-state index in [1.165, 1.54) is 38.6 Å². The predicted octanol–water partition coefficient (Wildman–Crippen LogP) is 3.04. The molecule has 1 aliphatic heterocycles. The molecule has 0 amide bonds. The van der Waals surface area contributed by atoms with Crippen molar-refractivity contribution >= 4 is 0 Å². The van der Waals surface area contributed by atoms with Crippen LogP contribution in [0.15, 0.2) is 0 Å². The summed E-state index contributed by atoms with van der Waals surface area (Å²) >= 11 is 0. The number of nitrogens with one attached hydrogen (secondary N) is 1. The second-order valence-corrected chi connectivity index (χ2v) is 7.06. The molecular weight excluding hydrogens is 236 g/mol. The van der Waals surface area contributed by atoms with Crippen LogP contribution in [-0.2, 0) is 4.74 Å². The van der Waals surface area contributed by atoms with Gasteiger partial charge < -0.3 is 15.0 Å². The average molecular weight is 270 g/mol. The van der Waals surface area contributed by atoms with Gasteiger partial charge in [0.05, 0.1) is 12.2 Å². The Balaban J connectivity index is 2.14. The van der Waals surface area contributed by atoms with E-state index >= 15 is 0 Å². The summed E-state index contributed by atoms with van der Waals surface area (Å²) in [5, 5.41) is 3.54. The summed E-state index contributed by atoms with van der Waals surface area (Å²) in [5.41, 5.74) is 0.193. The molecular formula is C16H34N2O. The molecule has 0 aliphatic carbocycles. The minimum atomic E-state index is 0.193. The molecule has 1 saturated heterocycles. The molecule has 0 aromatic rings. The Kier molecular flexibility index (Phi) is 7.33. The van der Waals surface area contributed by atoms with Gasteiger partial charge in [0.2, 0.25) is 0 Å². The van der Waals surface area contributed by atoms with Crippen molar-refractivity contribution in [3.8, 4) is 0 Å². The van der Waals surface area contributed by atoms with Crippen LogP contribution in [0.4, 0.5) is 0 Å². The number of hydrogen-bond donors (Lipinski definition) is 1. The molecule has 1 heterocycles. The minimum Gasteiger partial charge on any atom is -0.372 e. The first-order valence-corrected chi connectivity index (χ1v) is 7.99. The lowest BCUT2D eigenvalue weighted by atomic mass is 10.1. The highest BCUT2D eigenvalue weighted by Gasteiger charge is 2.26. The van der Waals surface area contributed by atoms with E-state index < -0.39 is 0 Å². The molecule has 0 aromatic carbocycles. The molecule has 2 unspecified atom stereocenters. The highest BCUT2D eigenvalue weighted by Crippen LogP contribution is 2.20. The van der Waals surface area contributed by atoms with E-state index in [4.69, 9.17) is 4.74 Å². The SMILES string of the molecule is CCCCCN(C)CC1CCC(CNC(C)(C)C)O1. The monoisotopic (exact) mass is 270 g/mol. The zero-order valence-electron chi connectivity index (χ0n) is 13.7. The number of likely N-dealkylation sites (N-methyl/N-ethyl adjacent to an activating group) is 1. The summed E-state index contributed by atoms with van der Waals surface area (Å²) < 4.78 is 6.13. The standard InChI is InChI=1S/C16H34N2O/c1-6-7-8-11-18(5)13-15-10-9-14(19-15)12-17-16(2,3)4/h14-15,17H,6-13H2,1-5H3. The van der Waals surface area contributed by atoms with Gasteiger partial charge in [-0.25, -0.2) is 0 Å². The van der Waals surface area contributed by atoms with Crippen LogP contribution in [0, 0.1) is 0 Å². The number of unbranched alkanes of at least 4 members (excludes halogenated alkanes) is 2. The third kappa shape index (κ3) is 7.91. The Morgan fingerprint density at radius 1 is 1.16 bits per heavy atom. The minimum absolute atomic E-state index is 0.193. The second-order valence-electron chi connectivity index (χ2n) is 7.06. The van der Waals surface area contributed by atoms with Crippen molar-refractivity contribution in [1.82, 2.24) is 10.2 Å². The Bertz CT molecular complexity index is 237. The van der Waals surface area contributed by atoms with Crippen LogP contribution in [0.25, 0.3) is 0 Å². The van der Waals surface area contributed by atoms with Crippen LogP contribution >= 0.6 is 0 Å². The van der Waals surface area contributed by atoms with Crippen molar-refractivity contribution < 1.29 is 4.74 Å². The van der Waals surface area contributed by atoms with Crippen LogP contribution in [0.3, 0.4) is 0 Å². The molecule has 114 valence electrons. The highest BCUT2D eigenvalue weighted by atomic mass is 16.5. The summed E-state index contributed by atoms with van der Waals surface area (Å²) in [4.78, 5) is 2.43. The van der Waals surface area contributed by atoms with Gasteiger partial charge in [-0.15, -0.1) is 0 Å². The van der Waals surface area contributed by atoms with Crippen LogP contribution in [0.1, 0.15) is 59.8 Å². The maximum atomic E-state index is 6.13. The molecule has 1 rings (SSSR count). The van der Waals surface area contributed by atoms with Crippen LogP contribution in [0.2, 0.25) is 0 Å². The molecule has 0 bridgehead atoms. The molecule has 0 aromatic heterocycles. The first-order valence-electron chi connectivity index (χ1n) is 7.99. The van der Waals surface area contributed by atoms with Gasteiger partial charge in [0, 0.05) is 18.6 Å². The van der Waals surface area contributed by atoms with Gasteiger partial charge >= 0.3 is 0 Å². The second kappa shape index (κ2) is 8.23. The Labute approximate surface area is 120 Å². The highest BCUT2D eigenvalue weighted by molar-refractivity contribution is 4.80. The largest absolute Gasteiger partial charge is 0.372 e. The molecule has 1 fully saturated rings. The van der Waals surface area contributed by atoms with Gasteiger partial charge in [-0.3, -0.25) is 0 Å². The smallest absolute Gasteiger partial charge is 0.0707 e. The summed E-state index contributed by atoms with van der Waals surface area (Å²) in [6.45, 7) is 12.2. The fraction of sp³-hybridized carbons (Fsp3) is 1.00. The van der Waals surface area contributed by atoms with E-state index in [0.717, 1.165) is 13.1 Å². The lowest BCUT2D eigenvalue weighted by molar-refractivity contribution is 0.0250. The Hall–Kier alpha value is -0.120. The molecule has 3 heteroatoms. The van der Waals surface area contributed by atoms with Crippen LogP contribution in [-0.4, -0.2) is 49.3 Å². The topological polar surface area (TPSA) is 24.5 Å². The number of ether oxygens (including phenoxy) is 1. The lowest BCUT2D eigenvalue weighted by Crippen LogP contribution is -2.41. The van der Waals surface area contributed by atoms with E-state index in [-0.39, 0.29) is 5.54 Å². The Morgan fingerprint density at radius 3 is 2.47 bits per heavy atom. The van der Waals surface area contributed by atoms with Crippen molar-refractivity contribution in [2.45, 2.75) is 77.5 Å². The average Bonchev–Trinajstić information content (AvgIpc) is 2.73. The van der Waals surface area contributed by atoms with Gasteiger partial charge in [-0.1, -0.05) is 19.8 Å². The van der Waals surface area contributed by atoms with Crippen LogP contribution < -0.4 is 5.32 Å². The maximum Gasteiger partial charge on any atom is 0.0707 e. The zero-order chi connectivity index (χ0) is 14.3. The normalized spacial score (nSPS) is 24.3. The van der Waals surface area contributed by atoms with Crippen molar-refractivity contribution in [1.29, 1.82) is 0 Å². The van der Waals surface area contributed by atoms with Gasteiger partial charge in [0.1, 0.15) is 0 Å². The first-order chi connectivity index (χ1) is 8.90. The molecule has 0 saturated carbocycles. The Morgan fingerprint density at radius 2 is 1.84 bits per heavy atom. The summed E-state index contributed by atoms with van der Waals surface area (Å²) in [6, 6.07) is 0. The molecule has 1 aliphatic rings. The van der Waals surface area contributed by atoms with Gasteiger partial charge in [0.15, 0.2) is 0 Å². The molecule has 19 heavy (non-hydrogen) atoms. The number of nitrogens with zero attached hydrogens (tertiary/aromatic N) is 1. The molecule has 1 N–H and O–H groups in total. The van der Waals surface area contributed by atoms with Crippen molar-refractivity contribution in [2.75, 3.05) is 26.7 Å². The fourth-order valence-electron chi connectivity index (χ4n) is 2.56. The molecule has 0 radical (unpaired) electrons. The quantitative estimate of drug-likeness (QED) is 0.686. The van der Waals surface area contributed by atoms with E-state index in [9.17, 15) is 0 Å². The van der Waals surface area contributed by atoms with E-state index in [2.05, 4.69) is 45.0 Å². The van der Waals surface area contributed by atoms with Gasteiger partial charge in [-0.05, 0) is 53.6 Å². The van der Waals surface area contributed by atoms with Crippen LogP contribution in [0.5, 0.6) is 0 Å². The fourth-order valence-corrected chi connectivity index (χ4v) is 2.56. The number of rotatable bonds is 8. The first kappa shape index (κ1) is 16.9. The van der Waals surface area contributed by atoms with Crippen molar-refractivity contribution in [3.05, 3.63) is 0 Å². The molecule has 2 atom stereocenters. The third-order valence-corrected chi connectivity index (χ3v) is 3.71. The number of hydrogen-bond acceptors (Lipinski definition) is 3. The van der Waals surface area contributed by atoms with E-state index in [1.807, 2.05) is 0 Å². The van der Waals surface area contributed by atoms with E-state index in [1.54, 1.807) is 0 Å². The zero-order valence-corrected chi connectivity index (χ0v) is 13.7. The summed E-state index contributed by atoms with van der Waals surface area (Å²) in [6.07, 6.45) is 7.23. The van der Waals surface area contributed by atoms with Crippen molar-refractivity contribution in [3.63, 3.8) is 0 Å². The van der Waals surface area contributed by atoms with Gasteiger partial charge in [-0.2, -0.15) is 0 Å². The maximum absolute atomic E-state index is 6.13. The molecule has 0 spiro atoms. The lowest BCUT2D eigenvalue weighted by Gasteiger charge is -2.24. The van der Waals surface area contributed by atoms with Crippen molar-refractivity contribution in [2.24, 2.45) is 0 Å². The summed E-state index contributed by atoms with van der Waals surface area (Å²) in [7, 11) is 2.22. The third-order valence-electron chi connectivity index (χ3n) is 3.71. The summed E-state index contributed by atoms with van der Waals surface area (Å²) in [5.74, 6) is 0. The van der Waals surface area contributed by atoms with Gasteiger partial charge in [0.25, 0.3) is 0 Å².